The van der Waals surface area contributed by atoms with Gasteiger partial charge in [0.15, 0.2) is 0 Å². The zero-order chi connectivity index (χ0) is 66.4. The highest BCUT2D eigenvalue weighted by Gasteiger charge is 2.42. The molecular formula is C64H91N11O13S. The normalized spacial score (nSPS) is 14.4. The lowest BCUT2D eigenvalue weighted by molar-refractivity contribution is -0.141. The van der Waals surface area contributed by atoms with Gasteiger partial charge in [-0.05, 0) is 91.3 Å². The number of urea groups is 1. The van der Waals surface area contributed by atoms with Crippen LogP contribution in [0.25, 0.3) is 0 Å². The van der Waals surface area contributed by atoms with E-state index in [0.29, 0.717) is 41.6 Å². The van der Waals surface area contributed by atoms with Gasteiger partial charge in [0.1, 0.15) is 24.7 Å². The Bertz CT molecular complexity index is 3130. The number of likely N-dealkylation sites (N-methyl/N-ethyl adjacent to an activating group) is 2. The number of alkyl carbamates (subject to hydrolysis) is 1. The van der Waals surface area contributed by atoms with Crippen molar-refractivity contribution in [3.63, 3.8) is 0 Å². The van der Waals surface area contributed by atoms with Crippen LogP contribution < -0.4 is 47.7 Å². The van der Waals surface area contributed by atoms with Crippen LogP contribution in [-0.2, 0) is 77.4 Å². The highest BCUT2D eigenvalue weighted by Crippen LogP contribution is 2.29. The third kappa shape index (κ3) is 23.2. The number of unbranched alkanes of at least 4 members (excludes halogenated alkanes) is 2. The lowest BCUT2D eigenvalue weighted by Gasteiger charge is -2.40. The second-order valence-electron chi connectivity index (χ2n) is 24.5. The number of primary amides is 1. The first-order chi connectivity index (χ1) is 41.7. The Morgan fingerprint density at radius 3 is 1.89 bits per heavy atom. The van der Waals surface area contributed by atoms with Crippen molar-refractivity contribution in [1.82, 2.24) is 46.4 Å². The summed E-state index contributed by atoms with van der Waals surface area (Å²) in [4.78, 5) is 132. The van der Waals surface area contributed by atoms with Crippen LogP contribution in [-0.4, -0.2) is 135 Å². The van der Waals surface area contributed by atoms with Crippen molar-refractivity contribution >= 4 is 75.1 Å². The first kappa shape index (κ1) is 73.0. The zero-order valence-corrected chi connectivity index (χ0v) is 54.1. The summed E-state index contributed by atoms with van der Waals surface area (Å²) in [6.07, 6.45) is 5.21. The van der Waals surface area contributed by atoms with Gasteiger partial charge in [-0.25, -0.2) is 22.7 Å². The smallest absolute Gasteiger partial charge is 0.407 e. The number of benzene rings is 3. The van der Waals surface area contributed by atoms with Crippen molar-refractivity contribution in [3.05, 3.63) is 125 Å². The number of amides is 11. The van der Waals surface area contributed by atoms with Crippen molar-refractivity contribution < 1.29 is 61.1 Å². The van der Waals surface area contributed by atoms with Gasteiger partial charge < -0.3 is 52.6 Å². The summed E-state index contributed by atoms with van der Waals surface area (Å²) in [5, 5.41) is 19.5. The van der Waals surface area contributed by atoms with Gasteiger partial charge in [0, 0.05) is 61.9 Å². The van der Waals surface area contributed by atoms with Crippen LogP contribution >= 0.6 is 0 Å². The first-order valence-electron chi connectivity index (χ1n) is 29.8. The van der Waals surface area contributed by atoms with Crippen LogP contribution in [0.3, 0.4) is 0 Å². The molecule has 1 aliphatic rings. The summed E-state index contributed by atoms with van der Waals surface area (Å²) in [5.41, 5.74) is 6.75. The monoisotopic (exact) mass is 1250 g/mol. The van der Waals surface area contributed by atoms with Gasteiger partial charge in [0.2, 0.25) is 39.6 Å². The summed E-state index contributed by atoms with van der Waals surface area (Å²) in [5.74, 6) is -5.04. The Hall–Kier alpha value is -8.45. The zero-order valence-electron chi connectivity index (χ0n) is 53.2. The summed E-state index contributed by atoms with van der Waals surface area (Å²) in [6, 6.07) is 17.2. The molecule has 0 radical (unpaired) electrons. The van der Waals surface area contributed by atoms with Gasteiger partial charge in [0.25, 0.3) is 17.7 Å². The Morgan fingerprint density at radius 2 is 1.31 bits per heavy atom. The Balaban J connectivity index is 1.27. The molecule has 0 bridgehead atoms. The van der Waals surface area contributed by atoms with Crippen LogP contribution in [0.5, 0.6) is 0 Å². The SMILES string of the molecule is CN[C@H](C(=O)NC(C(=O)N(C)[C@H](/C=C(\C)C(=O)NS(=O)(=O)Cc1ccc(CNC(=O)OCc2ccc(NC(=O)[C@@H](CCCNC(N)=O)NC(=O)C(NC(=O)CCCCCN3C(=O)C=CC3=O)C(C)C)cc2)cc1)C(C)C)C(C)(C)C)C(C)(C)c1ccccc1. The van der Waals surface area contributed by atoms with Gasteiger partial charge >= 0.3 is 12.1 Å². The molecule has 1 aliphatic heterocycles. The molecule has 3 aromatic carbocycles. The van der Waals surface area contributed by atoms with E-state index in [-0.39, 0.29) is 92.4 Å². The third-order valence-corrected chi connectivity index (χ3v) is 16.4. The first-order valence-corrected chi connectivity index (χ1v) is 31.5. The maximum Gasteiger partial charge on any atom is 0.407 e. The van der Waals surface area contributed by atoms with E-state index in [1.807, 2.05) is 78.8 Å². The van der Waals surface area contributed by atoms with Crippen molar-refractivity contribution in [1.29, 1.82) is 0 Å². The molecule has 25 heteroatoms. The predicted octanol–water partition coefficient (Wildman–Crippen LogP) is 5.08. The molecule has 4 rings (SSSR count). The van der Waals surface area contributed by atoms with Crippen LogP contribution in [0.1, 0.15) is 130 Å². The molecule has 24 nitrogen and oxygen atoms in total. The molecule has 486 valence electrons. The fourth-order valence-corrected chi connectivity index (χ4v) is 11.0. The molecule has 11 amide bonds. The summed E-state index contributed by atoms with van der Waals surface area (Å²) in [6.45, 7) is 18.4. The minimum absolute atomic E-state index is 0.0327. The van der Waals surface area contributed by atoms with Crippen molar-refractivity contribution in [3.8, 4) is 0 Å². The molecule has 0 saturated heterocycles. The largest absolute Gasteiger partial charge is 0.445 e. The topological polar surface area (TPSA) is 343 Å². The quantitative estimate of drug-likeness (QED) is 0.0218. The lowest BCUT2D eigenvalue weighted by Crippen LogP contribution is -2.61. The van der Waals surface area contributed by atoms with E-state index in [1.165, 1.54) is 24.0 Å². The van der Waals surface area contributed by atoms with E-state index >= 15 is 0 Å². The molecule has 0 saturated carbocycles. The van der Waals surface area contributed by atoms with Crippen LogP contribution in [0, 0.1) is 17.3 Å². The van der Waals surface area contributed by atoms with Crippen LogP contribution in [0.15, 0.2) is 103 Å². The number of nitrogens with zero attached hydrogens (tertiary/aromatic N) is 2. The highest BCUT2D eigenvalue weighted by molar-refractivity contribution is 7.89. The van der Waals surface area contributed by atoms with Gasteiger partial charge in [-0.3, -0.25) is 43.3 Å². The van der Waals surface area contributed by atoms with Crippen molar-refractivity contribution in [2.45, 2.75) is 162 Å². The average molecular weight is 1250 g/mol. The van der Waals surface area contributed by atoms with Gasteiger partial charge in [0.05, 0.1) is 17.8 Å². The molecular weight excluding hydrogens is 1160 g/mol. The molecule has 0 aliphatic carbocycles. The van der Waals surface area contributed by atoms with Crippen molar-refractivity contribution in [2.75, 3.05) is 32.5 Å². The van der Waals surface area contributed by atoms with E-state index in [9.17, 15) is 56.4 Å². The van der Waals surface area contributed by atoms with E-state index in [0.717, 1.165) is 10.5 Å². The highest BCUT2D eigenvalue weighted by atomic mass is 32.2. The number of anilines is 1. The Kier molecular flexibility index (Phi) is 27.7. The second-order valence-corrected chi connectivity index (χ2v) is 26.3. The standard InChI is InChI=1S/C64H91N11O13S/c1-40(2)49(74(12)60(83)55(63(6,7)8)72-59(82)54(66-11)64(9,10)46-20-15-13-16-21-46)36-42(5)56(79)73-89(86,87)39-45-26-24-43(25-27-45)37-68-62(85)88-38-44-28-30-47(31-29-44)69-57(80)48(22-19-34-67-61(65)84)70-58(81)53(41(3)4)71-50(76)23-17-14-18-35-75-51(77)32-33-52(75)78/h13,15-16,20-21,24-33,36,40-41,48-49,53-55,66H,14,17-19,22-23,34-35,37-39H2,1-12H3,(H,68,85)(H,69,80)(H,70,81)(H,71,76)(H,72,82)(H,73,79)(H3,65,67,84)/b42-36+/t48-,49-,53?,54-,55?/m1/s1. The molecule has 0 aromatic heterocycles. The van der Waals surface area contributed by atoms with Crippen LogP contribution in [0.4, 0.5) is 15.3 Å². The molecule has 89 heavy (non-hydrogen) atoms. The van der Waals surface area contributed by atoms with Gasteiger partial charge in [-0.2, -0.15) is 0 Å². The molecule has 2 unspecified atom stereocenters. The van der Waals surface area contributed by atoms with E-state index in [4.69, 9.17) is 10.5 Å². The van der Waals surface area contributed by atoms with Crippen molar-refractivity contribution in [2.24, 2.45) is 23.0 Å². The van der Waals surface area contributed by atoms with Gasteiger partial charge in [-0.15, -0.1) is 0 Å². The number of hydrogen-bond donors (Lipinski definition) is 9. The number of ether oxygens (including phenoxy) is 1. The maximum atomic E-state index is 14.4. The average Bonchev–Trinajstić information content (AvgIpc) is 4.08. The summed E-state index contributed by atoms with van der Waals surface area (Å²) >= 11 is 0. The predicted molar refractivity (Wildman–Crippen MR) is 338 cm³/mol. The molecule has 5 atom stereocenters. The number of sulfonamides is 1. The molecule has 0 spiro atoms. The maximum absolute atomic E-state index is 14.4. The molecule has 10 N–H and O–H groups in total. The Morgan fingerprint density at radius 1 is 0.708 bits per heavy atom. The molecule has 0 fully saturated rings. The van der Waals surface area contributed by atoms with E-state index in [1.54, 1.807) is 82.5 Å². The molecule has 3 aromatic rings. The Labute approximate surface area is 523 Å². The van der Waals surface area contributed by atoms with Crippen LogP contribution in [0.2, 0.25) is 0 Å². The number of imide groups is 1. The van der Waals surface area contributed by atoms with E-state index < -0.39 is 86.7 Å². The van der Waals surface area contributed by atoms with Gasteiger partial charge in [-0.1, -0.05) is 142 Å². The third-order valence-electron chi connectivity index (χ3n) is 15.2. The number of hydrogen-bond acceptors (Lipinski definition) is 14. The number of nitrogens with one attached hydrogen (secondary N) is 8. The molecule has 1 heterocycles. The fraction of sp³-hybridized carbons (Fsp3) is 0.500. The minimum atomic E-state index is -4.21. The minimum Gasteiger partial charge on any atom is -0.445 e. The summed E-state index contributed by atoms with van der Waals surface area (Å²) in [7, 11) is -0.925. The lowest BCUT2D eigenvalue weighted by atomic mass is 9.76. The number of carbonyl (C=O) groups is 10. The summed E-state index contributed by atoms with van der Waals surface area (Å²) < 4.78 is 34.2. The second kappa shape index (κ2) is 33.8. The van der Waals surface area contributed by atoms with E-state index in [2.05, 4.69) is 41.9 Å². The fourth-order valence-electron chi connectivity index (χ4n) is 9.89. The number of carbonyl (C=O) groups excluding carboxylic acids is 10. The number of rotatable bonds is 33. The number of nitrogens with two attached hydrogens (primary N) is 1.